The van der Waals surface area contributed by atoms with Crippen LogP contribution in [0.2, 0.25) is 37.3 Å². The highest BCUT2D eigenvalue weighted by Gasteiger charge is 2.31. The molecule has 5 rings (SSSR count). The smallest absolute Gasteiger partial charge is 0.199 e. The van der Waals surface area contributed by atoms with Gasteiger partial charge in [0.2, 0.25) is 0 Å². The van der Waals surface area contributed by atoms with E-state index in [1.54, 1.807) is 10.4 Å². The Morgan fingerprint density at radius 3 is 1.72 bits per heavy atom. The van der Waals surface area contributed by atoms with Crippen LogP contribution in [0, 0.1) is 6.92 Å². The van der Waals surface area contributed by atoms with E-state index >= 15 is 0 Å². The van der Waals surface area contributed by atoms with Gasteiger partial charge < -0.3 is 14.0 Å². The van der Waals surface area contributed by atoms with Crippen LogP contribution in [0.3, 0.4) is 0 Å². The summed E-state index contributed by atoms with van der Waals surface area (Å²) in [6, 6.07) is 27.0. The van der Waals surface area contributed by atoms with Gasteiger partial charge in [0.05, 0.1) is 39.5 Å². The van der Waals surface area contributed by atoms with Gasteiger partial charge in [-0.2, -0.15) is 0 Å². The van der Waals surface area contributed by atoms with Crippen LogP contribution in [-0.4, -0.2) is 33.6 Å². The summed E-state index contributed by atoms with van der Waals surface area (Å²) in [4.78, 5) is 0. The van der Waals surface area contributed by atoms with E-state index in [-0.39, 0.29) is 6.29 Å². The summed E-state index contributed by atoms with van der Waals surface area (Å²) in [6.45, 7) is 17.6. The normalized spacial score (nSPS) is 16.3. The Morgan fingerprint density at radius 1 is 0.721 bits per heavy atom. The van der Waals surface area contributed by atoms with Gasteiger partial charge in [-0.25, -0.2) is 0 Å². The second-order valence-electron chi connectivity index (χ2n) is 13.8. The molecule has 1 fully saturated rings. The molecule has 0 bridgehead atoms. The first-order chi connectivity index (χ1) is 20.8. The Kier molecular flexibility index (Phi) is 10.2. The van der Waals surface area contributed by atoms with Gasteiger partial charge in [-0.05, 0) is 49.6 Å². The molecular weight excluding hydrogens is 559 g/mol. The van der Waals surface area contributed by atoms with Crippen LogP contribution in [0.25, 0.3) is 27.5 Å². The van der Waals surface area contributed by atoms with Gasteiger partial charge in [-0.3, -0.25) is 0 Å². The molecule has 0 aliphatic carbocycles. The zero-order valence-corrected chi connectivity index (χ0v) is 30.0. The second-order valence-corrected chi connectivity index (χ2v) is 23.2. The molecule has 232 valence electrons. The van der Waals surface area contributed by atoms with Gasteiger partial charge in [0.15, 0.2) is 6.29 Å². The summed E-state index contributed by atoms with van der Waals surface area (Å²) in [7, 11) is -3.19. The topological polar surface area (TPSA) is 23.4 Å². The summed E-state index contributed by atoms with van der Waals surface area (Å²) in [5, 5.41) is 5.89. The van der Waals surface area contributed by atoms with Gasteiger partial charge in [-0.1, -0.05) is 131 Å². The molecule has 3 nitrogen and oxygen atoms in total. The van der Waals surface area contributed by atoms with Crippen molar-refractivity contribution in [2.24, 2.45) is 0 Å². The van der Waals surface area contributed by atoms with Gasteiger partial charge in [0, 0.05) is 17.2 Å². The van der Waals surface area contributed by atoms with Gasteiger partial charge in [-0.15, -0.1) is 0 Å². The van der Waals surface area contributed by atoms with Crippen molar-refractivity contribution in [3.63, 3.8) is 0 Å². The van der Waals surface area contributed by atoms with Crippen molar-refractivity contribution in [3.05, 3.63) is 60.2 Å². The fraction of sp³-hybridized carbons (Fsp3) is 0.526. The maximum Gasteiger partial charge on any atom is 0.199 e. The minimum Gasteiger partial charge on any atom is -0.463 e. The Bertz CT molecular complexity index is 1440. The summed E-state index contributed by atoms with van der Waals surface area (Å²) < 4.78 is 15.3. The van der Waals surface area contributed by atoms with E-state index in [0.29, 0.717) is 0 Å². The molecule has 1 aliphatic heterocycles. The summed E-state index contributed by atoms with van der Waals surface area (Å²) in [5.74, 6) is 0.927. The Labute approximate surface area is 263 Å². The van der Waals surface area contributed by atoms with Crippen molar-refractivity contribution in [2.75, 3.05) is 6.61 Å². The molecule has 0 amide bonds. The van der Waals surface area contributed by atoms with E-state index in [0.717, 1.165) is 37.3 Å². The number of aromatic nitrogens is 1. The van der Waals surface area contributed by atoms with Crippen LogP contribution >= 0.6 is 0 Å². The van der Waals surface area contributed by atoms with Crippen LogP contribution in [0.1, 0.15) is 78.2 Å². The van der Waals surface area contributed by atoms with E-state index < -0.39 is 16.1 Å². The number of nitrogens with zero attached hydrogens (tertiary/aromatic N) is 1. The first-order valence-corrected chi connectivity index (χ1v) is 23.1. The molecule has 4 aromatic rings. The fourth-order valence-corrected chi connectivity index (χ4v) is 15.9. The first kappa shape index (κ1) is 32.1. The van der Waals surface area contributed by atoms with E-state index in [1.165, 1.54) is 77.2 Å². The predicted molar refractivity (Wildman–Crippen MR) is 193 cm³/mol. The maximum atomic E-state index is 6.69. The van der Waals surface area contributed by atoms with Crippen molar-refractivity contribution in [1.82, 2.24) is 4.57 Å². The average molecular weight is 614 g/mol. The van der Waals surface area contributed by atoms with Crippen LogP contribution in [0.15, 0.2) is 54.6 Å². The molecule has 0 spiro atoms. The van der Waals surface area contributed by atoms with Crippen LogP contribution in [0.5, 0.6) is 5.75 Å². The lowest BCUT2D eigenvalue weighted by Crippen LogP contribution is -2.44. The van der Waals surface area contributed by atoms with Crippen LogP contribution < -0.4 is 15.1 Å². The molecule has 3 aromatic carbocycles. The Hall–Kier alpha value is -2.35. The third kappa shape index (κ3) is 6.55. The number of aryl methyl sites for hydroxylation is 1. The summed E-state index contributed by atoms with van der Waals surface area (Å²) in [6.07, 6.45) is 8.06. The molecule has 1 aromatic heterocycles. The van der Waals surface area contributed by atoms with Gasteiger partial charge in [0.1, 0.15) is 5.75 Å². The third-order valence-electron chi connectivity index (χ3n) is 10.1. The maximum absolute atomic E-state index is 6.69. The zero-order chi connectivity index (χ0) is 30.6. The van der Waals surface area contributed by atoms with E-state index in [9.17, 15) is 0 Å². The highest BCUT2D eigenvalue weighted by atomic mass is 28.3. The highest BCUT2D eigenvalue weighted by molar-refractivity contribution is 6.91. The minimum atomic E-state index is -1.60. The fourth-order valence-electron chi connectivity index (χ4n) is 7.91. The zero-order valence-electron chi connectivity index (χ0n) is 28.0. The number of benzene rings is 3. The molecule has 2 heterocycles. The van der Waals surface area contributed by atoms with Gasteiger partial charge in [0.25, 0.3) is 0 Å². The minimum absolute atomic E-state index is 0.177. The molecule has 0 radical (unpaired) electrons. The van der Waals surface area contributed by atoms with E-state index in [1.807, 2.05) is 0 Å². The number of hydrogen-bond donors (Lipinski definition) is 0. The monoisotopic (exact) mass is 613 g/mol. The molecule has 0 N–H and O–H groups in total. The first-order valence-electron chi connectivity index (χ1n) is 17.3. The molecular formula is C38H55NO2Si2. The molecule has 1 aliphatic rings. The Balaban J connectivity index is 1.80. The summed E-state index contributed by atoms with van der Waals surface area (Å²) >= 11 is 0. The molecule has 43 heavy (non-hydrogen) atoms. The average Bonchev–Trinajstić information content (AvgIpc) is 3.32. The van der Waals surface area contributed by atoms with E-state index in [2.05, 4.69) is 107 Å². The number of hydrogen-bond acceptors (Lipinski definition) is 2. The lowest BCUT2D eigenvalue weighted by Gasteiger charge is -2.28. The number of rotatable bonds is 13. The third-order valence-corrected chi connectivity index (χ3v) is 19.9. The molecule has 5 heteroatoms. The lowest BCUT2D eigenvalue weighted by molar-refractivity contribution is -0.105. The van der Waals surface area contributed by atoms with Crippen molar-refractivity contribution in [3.8, 4) is 11.4 Å². The highest BCUT2D eigenvalue weighted by Crippen LogP contribution is 2.37. The quantitative estimate of drug-likeness (QED) is 0.140. The van der Waals surface area contributed by atoms with Crippen molar-refractivity contribution in [1.29, 1.82) is 0 Å². The summed E-state index contributed by atoms with van der Waals surface area (Å²) in [5.41, 5.74) is 5.05. The Morgan fingerprint density at radius 2 is 1.26 bits per heavy atom. The van der Waals surface area contributed by atoms with Crippen molar-refractivity contribution < 1.29 is 9.47 Å². The molecule has 0 saturated carbocycles. The van der Waals surface area contributed by atoms with Crippen molar-refractivity contribution >= 4 is 48.3 Å². The second kappa shape index (κ2) is 13.7. The number of fused-ring (bicyclic) bond motifs is 3. The molecule has 1 unspecified atom stereocenters. The standard InChI is InChI=1S/C38H55NO2Si2/c1-8-22-42(6,23-9-2)30-16-18-32-33-19-17-31(43(7,24-10-3)25-11-4)28-35(33)39(34(32)27-30)36-26-29(5)15-20-37(36)41-38-14-12-13-21-40-38/h15-20,26-28,38H,8-14,21-25H2,1-7H3. The SMILES string of the molecule is CCC[Si](C)(CCC)c1ccc2c3ccc([Si](C)(CCC)CCC)cc3n(-c3cc(C)ccc3OC3CCCCO3)c2c1. The molecule has 1 atom stereocenters. The largest absolute Gasteiger partial charge is 0.463 e. The van der Waals surface area contributed by atoms with E-state index in [4.69, 9.17) is 9.47 Å². The van der Waals surface area contributed by atoms with Gasteiger partial charge >= 0.3 is 0 Å². The molecule has 1 saturated heterocycles. The predicted octanol–water partition coefficient (Wildman–Crippen LogP) is 10.2. The van der Waals surface area contributed by atoms with Crippen molar-refractivity contribution in [2.45, 2.75) is 123 Å². The van der Waals surface area contributed by atoms with Crippen LogP contribution in [-0.2, 0) is 4.74 Å². The van der Waals surface area contributed by atoms with Crippen LogP contribution in [0.4, 0.5) is 0 Å². The number of ether oxygens (including phenoxy) is 2. The lowest BCUT2D eigenvalue weighted by atomic mass is 10.1.